The van der Waals surface area contributed by atoms with Gasteiger partial charge in [-0.15, -0.1) is 0 Å². The smallest absolute Gasteiger partial charge is 0.258 e. The Morgan fingerprint density at radius 3 is 1.89 bits per heavy atom. The third-order valence-electron chi connectivity index (χ3n) is 6.73. The third kappa shape index (κ3) is 3.27. The summed E-state index contributed by atoms with van der Waals surface area (Å²) >= 11 is 0. The van der Waals surface area contributed by atoms with E-state index in [-0.39, 0.29) is 21.2 Å². The molecule has 0 N–H and O–H groups in total. The van der Waals surface area contributed by atoms with E-state index >= 15 is 0 Å². The maximum Gasteiger partial charge on any atom is 0.277 e. The van der Waals surface area contributed by atoms with Crippen LogP contribution in [0.4, 0.5) is 11.4 Å². The summed E-state index contributed by atoms with van der Waals surface area (Å²) in [6.45, 7) is 0. The molecule has 0 saturated heterocycles. The van der Waals surface area contributed by atoms with Crippen molar-refractivity contribution >= 4 is 43.7 Å². The molecule has 0 atom stereocenters. The molecule has 0 aromatic heterocycles. The van der Waals surface area contributed by atoms with Crippen molar-refractivity contribution in [2.24, 2.45) is 0 Å². The zero-order chi connectivity index (χ0) is 24.1. The van der Waals surface area contributed by atoms with Crippen molar-refractivity contribution in [2.75, 3.05) is 0 Å². The van der Waals surface area contributed by atoms with Gasteiger partial charge < -0.3 is 0 Å². The van der Waals surface area contributed by atoms with Crippen molar-refractivity contribution in [1.82, 2.24) is 0 Å². The maximum atomic E-state index is 11.2. The Labute approximate surface area is 199 Å². The molecular formula is C29H18N2O4. The summed E-state index contributed by atoms with van der Waals surface area (Å²) in [6.07, 6.45) is 0.669. The Hall–Kier alpha value is -4.84. The largest absolute Gasteiger partial charge is 0.277 e. The van der Waals surface area contributed by atoms with Crippen LogP contribution in [0.3, 0.4) is 0 Å². The van der Waals surface area contributed by atoms with E-state index in [1.165, 1.54) is 5.56 Å². The van der Waals surface area contributed by atoms with E-state index in [2.05, 4.69) is 6.07 Å². The first kappa shape index (κ1) is 20.7. The second-order valence-corrected chi connectivity index (χ2v) is 8.59. The van der Waals surface area contributed by atoms with Gasteiger partial charge in [-0.3, -0.25) is 20.2 Å². The Morgan fingerprint density at radius 1 is 0.543 bits per heavy atom. The van der Waals surface area contributed by atoms with E-state index in [1.807, 2.05) is 72.8 Å². The normalized spacial score (nSPS) is 11.8. The minimum atomic E-state index is -0.314. The average Bonchev–Trinajstić information content (AvgIpc) is 3.26. The second-order valence-electron chi connectivity index (χ2n) is 8.59. The Balaban J connectivity index is 0.000000133. The number of nitro benzene ring substituents is 2. The lowest BCUT2D eigenvalue weighted by Gasteiger charge is -2.10. The minimum Gasteiger partial charge on any atom is -0.258 e. The number of fused-ring (bicyclic) bond motifs is 3. The first-order chi connectivity index (χ1) is 17.0. The summed E-state index contributed by atoms with van der Waals surface area (Å²) in [5.74, 6) is 0. The van der Waals surface area contributed by atoms with Crippen LogP contribution in [0.2, 0.25) is 0 Å². The van der Waals surface area contributed by atoms with Gasteiger partial charge in [0.1, 0.15) is 0 Å². The van der Waals surface area contributed by atoms with Crippen LogP contribution in [0.5, 0.6) is 0 Å². The Kier molecular flexibility index (Phi) is 4.67. The molecule has 0 amide bonds. The number of nitrogens with zero attached hydrogens (tertiary/aromatic N) is 2. The number of non-ortho nitro benzene ring substituents is 1. The van der Waals surface area contributed by atoms with E-state index in [0.29, 0.717) is 11.8 Å². The maximum absolute atomic E-state index is 11.2. The molecule has 6 nitrogen and oxygen atoms in total. The first-order valence-electron chi connectivity index (χ1n) is 11.2. The van der Waals surface area contributed by atoms with Crippen molar-refractivity contribution < 1.29 is 9.85 Å². The fourth-order valence-electron chi connectivity index (χ4n) is 5.19. The van der Waals surface area contributed by atoms with Crippen LogP contribution in [0.15, 0.2) is 97.1 Å². The number of benzene rings is 6. The van der Waals surface area contributed by atoms with Crippen molar-refractivity contribution in [3.05, 3.63) is 128 Å². The molecule has 168 valence electrons. The highest BCUT2D eigenvalue weighted by Crippen LogP contribution is 2.41. The van der Waals surface area contributed by atoms with Crippen LogP contribution in [0.1, 0.15) is 11.1 Å². The van der Waals surface area contributed by atoms with E-state index in [4.69, 9.17) is 0 Å². The highest BCUT2D eigenvalue weighted by atomic mass is 16.6. The van der Waals surface area contributed by atoms with Gasteiger partial charge in [0.15, 0.2) is 0 Å². The molecule has 1 aliphatic carbocycles. The van der Waals surface area contributed by atoms with Gasteiger partial charge in [0, 0.05) is 29.5 Å². The Bertz CT molecular complexity index is 1780. The predicted molar refractivity (Wildman–Crippen MR) is 138 cm³/mol. The summed E-state index contributed by atoms with van der Waals surface area (Å²) < 4.78 is 0. The van der Waals surface area contributed by atoms with Crippen molar-refractivity contribution in [3.8, 4) is 11.1 Å². The number of rotatable bonds is 2. The van der Waals surface area contributed by atoms with Crippen LogP contribution in [0, 0.1) is 20.2 Å². The summed E-state index contributed by atoms with van der Waals surface area (Å²) in [6, 6.07) is 30.7. The SMILES string of the molecule is O=[N+]([O-])c1ccc2ccc3cccc4ccc1c2c34.O=[N+]([O-])c1cccc2c1Cc1ccccc1-2. The lowest BCUT2D eigenvalue weighted by Crippen LogP contribution is -1.93. The molecule has 6 aromatic carbocycles. The van der Waals surface area contributed by atoms with Crippen LogP contribution < -0.4 is 0 Å². The third-order valence-corrected chi connectivity index (χ3v) is 6.73. The molecule has 6 aromatic rings. The van der Waals surface area contributed by atoms with Gasteiger partial charge >= 0.3 is 0 Å². The van der Waals surface area contributed by atoms with Crippen LogP contribution >= 0.6 is 0 Å². The molecular weight excluding hydrogens is 440 g/mol. The molecule has 0 unspecified atom stereocenters. The molecule has 0 spiro atoms. The summed E-state index contributed by atoms with van der Waals surface area (Å²) in [7, 11) is 0. The fraction of sp³-hybridized carbons (Fsp3) is 0.0345. The summed E-state index contributed by atoms with van der Waals surface area (Å²) in [4.78, 5) is 21.5. The standard InChI is InChI=1S/C16H9NO2.C13H9NO2/c18-17(19)14-9-7-12-5-4-10-2-1-3-11-6-8-13(14)16(12)15(10)11;15-14(16)13-7-3-6-11-10-5-2-1-4-9(10)8-12(11)13/h1-9H;1-7H,8H2. The molecule has 0 radical (unpaired) electrons. The van der Waals surface area contributed by atoms with Gasteiger partial charge in [0.2, 0.25) is 0 Å². The van der Waals surface area contributed by atoms with E-state index < -0.39 is 0 Å². The van der Waals surface area contributed by atoms with Gasteiger partial charge in [-0.2, -0.15) is 0 Å². The van der Waals surface area contributed by atoms with E-state index in [9.17, 15) is 20.2 Å². The van der Waals surface area contributed by atoms with Gasteiger partial charge in [-0.05, 0) is 50.4 Å². The van der Waals surface area contributed by atoms with Gasteiger partial charge in [-0.25, -0.2) is 0 Å². The van der Waals surface area contributed by atoms with Gasteiger partial charge in [0.25, 0.3) is 11.4 Å². The highest BCUT2D eigenvalue weighted by molar-refractivity contribution is 6.24. The zero-order valence-corrected chi connectivity index (χ0v) is 18.5. The lowest BCUT2D eigenvalue weighted by molar-refractivity contribution is -0.385. The molecule has 0 fully saturated rings. The van der Waals surface area contributed by atoms with Crippen molar-refractivity contribution in [3.63, 3.8) is 0 Å². The number of hydrogen-bond donors (Lipinski definition) is 0. The second kappa shape index (κ2) is 7.88. The molecule has 0 heterocycles. The quantitative estimate of drug-likeness (QED) is 0.151. The van der Waals surface area contributed by atoms with Crippen molar-refractivity contribution in [1.29, 1.82) is 0 Å². The van der Waals surface area contributed by atoms with E-state index in [1.54, 1.807) is 18.2 Å². The highest BCUT2D eigenvalue weighted by Gasteiger charge is 2.25. The van der Waals surface area contributed by atoms with Gasteiger partial charge in [-0.1, -0.05) is 72.8 Å². The van der Waals surface area contributed by atoms with Crippen LogP contribution in [0.25, 0.3) is 43.4 Å². The topological polar surface area (TPSA) is 86.3 Å². The van der Waals surface area contributed by atoms with Gasteiger partial charge in [0.05, 0.1) is 15.2 Å². The molecule has 0 bridgehead atoms. The number of nitro groups is 2. The molecule has 1 aliphatic rings. The van der Waals surface area contributed by atoms with Crippen LogP contribution in [-0.4, -0.2) is 9.85 Å². The Morgan fingerprint density at radius 2 is 1.14 bits per heavy atom. The van der Waals surface area contributed by atoms with E-state index in [0.717, 1.165) is 43.6 Å². The number of hydrogen-bond acceptors (Lipinski definition) is 4. The monoisotopic (exact) mass is 458 g/mol. The zero-order valence-electron chi connectivity index (χ0n) is 18.5. The minimum absolute atomic E-state index is 0.172. The fourth-order valence-corrected chi connectivity index (χ4v) is 5.19. The molecule has 0 saturated carbocycles. The first-order valence-corrected chi connectivity index (χ1v) is 11.2. The summed E-state index contributed by atoms with van der Waals surface area (Å²) in [5.41, 5.74) is 4.55. The molecule has 7 rings (SSSR count). The molecule has 0 aliphatic heterocycles. The summed E-state index contributed by atoms with van der Waals surface area (Å²) in [5, 5.41) is 28.2. The molecule has 35 heavy (non-hydrogen) atoms. The molecule has 6 heteroatoms. The lowest BCUT2D eigenvalue weighted by atomic mass is 9.94. The van der Waals surface area contributed by atoms with Crippen LogP contribution in [-0.2, 0) is 6.42 Å². The predicted octanol–water partition coefficient (Wildman–Crippen LogP) is 7.66. The van der Waals surface area contributed by atoms with Crippen molar-refractivity contribution in [2.45, 2.75) is 6.42 Å². The average molecular weight is 458 g/mol.